The van der Waals surface area contributed by atoms with Crippen molar-refractivity contribution in [2.24, 2.45) is 0 Å². The van der Waals surface area contributed by atoms with Gasteiger partial charge in [-0.1, -0.05) is 24.2 Å². The molecule has 0 bridgehead atoms. The van der Waals surface area contributed by atoms with Crippen molar-refractivity contribution in [1.29, 1.82) is 5.26 Å². The lowest BCUT2D eigenvalue weighted by Gasteiger charge is -2.25. The Hall–Kier alpha value is -2.52. The highest BCUT2D eigenvalue weighted by molar-refractivity contribution is 6.31. The van der Waals surface area contributed by atoms with Gasteiger partial charge < -0.3 is 14.7 Å². The van der Waals surface area contributed by atoms with Gasteiger partial charge in [0, 0.05) is 17.6 Å². The van der Waals surface area contributed by atoms with E-state index in [0.29, 0.717) is 10.7 Å². The van der Waals surface area contributed by atoms with E-state index in [0.717, 1.165) is 0 Å². The Balaban J connectivity index is 2.76. The Labute approximate surface area is 119 Å². The molecular weight excluding hydrogens is 284 g/mol. The molecule has 1 aliphatic heterocycles. The van der Waals surface area contributed by atoms with E-state index < -0.39 is 17.7 Å². The molecule has 1 atom stereocenters. The second kappa shape index (κ2) is 4.54. The number of hydrogen-bond acceptors (Lipinski definition) is 4. The number of nitrogens with zero attached hydrogens (tertiary/aromatic N) is 2. The molecule has 1 aliphatic rings. The van der Waals surface area contributed by atoms with Gasteiger partial charge in [0.15, 0.2) is 0 Å². The van der Waals surface area contributed by atoms with Crippen LogP contribution in [-0.4, -0.2) is 24.2 Å². The standard InChI is InChI=1S/C13H9ClN2O4/c1-7(6-15)13(20-12(18)19)9-4-3-8(14)5-10(9)16(2)11(13)17/h3-5H,1H2,2H3,(H,18,19). The summed E-state index contributed by atoms with van der Waals surface area (Å²) < 4.78 is 4.76. The zero-order valence-corrected chi connectivity index (χ0v) is 11.1. The van der Waals surface area contributed by atoms with Crippen molar-refractivity contribution >= 4 is 29.4 Å². The third-order valence-corrected chi connectivity index (χ3v) is 3.34. The van der Waals surface area contributed by atoms with Gasteiger partial charge in [-0.25, -0.2) is 4.79 Å². The number of ether oxygens (including phenoxy) is 1. The minimum absolute atomic E-state index is 0.225. The zero-order valence-electron chi connectivity index (χ0n) is 10.4. The van der Waals surface area contributed by atoms with Crippen LogP contribution in [0.3, 0.4) is 0 Å². The van der Waals surface area contributed by atoms with E-state index >= 15 is 0 Å². The molecule has 1 amide bonds. The van der Waals surface area contributed by atoms with Gasteiger partial charge >= 0.3 is 6.16 Å². The first kappa shape index (κ1) is 13.9. The van der Waals surface area contributed by atoms with Crippen LogP contribution in [0.2, 0.25) is 5.02 Å². The SMILES string of the molecule is C=C(C#N)C1(OC(=O)O)C(=O)N(C)c2cc(Cl)ccc21. The predicted octanol–water partition coefficient (Wildman–Crippen LogP) is 2.29. The lowest BCUT2D eigenvalue weighted by molar-refractivity contribution is -0.133. The number of nitriles is 1. The summed E-state index contributed by atoms with van der Waals surface area (Å²) in [5.41, 5.74) is -1.75. The molecule has 2 rings (SSSR count). The van der Waals surface area contributed by atoms with E-state index in [9.17, 15) is 9.59 Å². The molecule has 0 spiro atoms. The molecule has 1 heterocycles. The number of carboxylic acid groups (broad SMARTS) is 1. The predicted molar refractivity (Wildman–Crippen MR) is 70.4 cm³/mol. The van der Waals surface area contributed by atoms with Gasteiger partial charge in [0.1, 0.15) is 0 Å². The van der Waals surface area contributed by atoms with Crippen molar-refractivity contribution in [2.45, 2.75) is 5.60 Å². The molecule has 6 nitrogen and oxygen atoms in total. The fourth-order valence-electron chi connectivity index (χ4n) is 2.20. The molecule has 0 aliphatic carbocycles. The summed E-state index contributed by atoms with van der Waals surface area (Å²) in [4.78, 5) is 24.5. The summed E-state index contributed by atoms with van der Waals surface area (Å²) >= 11 is 5.87. The molecule has 1 aromatic rings. The number of benzene rings is 1. The maximum atomic E-state index is 12.4. The highest BCUT2D eigenvalue weighted by Gasteiger charge is 2.56. The lowest BCUT2D eigenvalue weighted by Crippen LogP contribution is -2.43. The van der Waals surface area contributed by atoms with E-state index in [4.69, 9.17) is 26.7 Å². The first-order valence-electron chi connectivity index (χ1n) is 5.44. The average molecular weight is 293 g/mol. The Morgan fingerprint density at radius 3 is 2.80 bits per heavy atom. The van der Waals surface area contributed by atoms with Gasteiger partial charge in [-0.3, -0.25) is 4.79 Å². The highest BCUT2D eigenvalue weighted by Crippen LogP contribution is 2.46. The first-order valence-corrected chi connectivity index (χ1v) is 5.82. The molecule has 1 N–H and O–H groups in total. The van der Waals surface area contributed by atoms with Crippen LogP contribution in [0.1, 0.15) is 5.56 Å². The number of likely N-dealkylation sites (N-methyl/N-ethyl adjacent to an activating group) is 1. The summed E-state index contributed by atoms with van der Waals surface area (Å²) in [6.45, 7) is 3.46. The molecule has 0 aromatic heterocycles. The van der Waals surface area contributed by atoms with Crippen molar-refractivity contribution in [3.8, 4) is 6.07 Å². The molecule has 1 aromatic carbocycles. The minimum atomic E-state index is -2.05. The molecular formula is C13H9ClN2O4. The number of carbonyl (C=O) groups excluding carboxylic acids is 1. The Bertz CT molecular complexity index is 679. The summed E-state index contributed by atoms with van der Waals surface area (Å²) in [5.74, 6) is -0.705. The minimum Gasteiger partial charge on any atom is -0.450 e. The molecule has 7 heteroatoms. The van der Waals surface area contributed by atoms with Crippen LogP contribution in [0.4, 0.5) is 10.5 Å². The van der Waals surface area contributed by atoms with Crippen molar-refractivity contribution in [3.05, 3.63) is 40.9 Å². The fourth-order valence-corrected chi connectivity index (χ4v) is 2.37. The lowest BCUT2D eigenvalue weighted by atomic mass is 9.88. The monoisotopic (exact) mass is 292 g/mol. The second-order valence-corrected chi connectivity index (χ2v) is 4.60. The summed E-state index contributed by atoms with van der Waals surface area (Å²) in [5, 5.41) is 18.3. The second-order valence-electron chi connectivity index (χ2n) is 4.17. The summed E-state index contributed by atoms with van der Waals surface area (Å²) in [6.07, 6.45) is -1.68. The number of anilines is 1. The van der Waals surface area contributed by atoms with Crippen molar-refractivity contribution in [3.63, 3.8) is 0 Å². The van der Waals surface area contributed by atoms with E-state index in [2.05, 4.69) is 6.58 Å². The molecule has 0 saturated carbocycles. The molecule has 1 unspecified atom stereocenters. The number of amides is 1. The molecule has 0 radical (unpaired) electrons. The summed E-state index contributed by atoms with van der Waals surface area (Å²) in [7, 11) is 1.44. The van der Waals surface area contributed by atoms with Crippen LogP contribution in [-0.2, 0) is 15.1 Å². The van der Waals surface area contributed by atoms with Gasteiger partial charge in [0.2, 0.25) is 0 Å². The van der Waals surface area contributed by atoms with Gasteiger partial charge in [0.05, 0.1) is 17.3 Å². The highest BCUT2D eigenvalue weighted by atomic mass is 35.5. The zero-order chi connectivity index (χ0) is 15.1. The first-order chi connectivity index (χ1) is 9.34. The van der Waals surface area contributed by atoms with Crippen LogP contribution in [0, 0.1) is 11.3 Å². The topological polar surface area (TPSA) is 90.6 Å². The third kappa shape index (κ3) is 1.72. The van der Waals surface area contributed by atoms with Gasteiger partial charge in [-0.2, -0.15) is 5.26 Å². The van der Waals surface area contributed by atoms with E-state index in [-0.39, 0.29) is 11.1 Å². The summed E-state index contributed by atoms with van der Waals surface area (Å²) in [6, 6.07) is 6.12. The van der Waals surface area contributed by atoms with Gasteiger partial charge in [0.25, 0.3) is 11.5 Å². The quantitative estimate of drug-likeness (QED) is 0.667. The van der Waals surface area contributed by atoms with Gasteiger partial charge in [-0.15, -0.1) is 0 Å². The number of fused-ring (bicyclic) bond motifs is 1. The molecule has 0 fully saturated rings. The van der Waals surface area contributed by atoms with E-state index in [1.165, 1.54) is 30.1 Å². The molecule has 102 valence electrons. The van der Waals surface area contributed by atoms with Crippen LogP contribution < -0.4 is 4.90 Å². The van der Waals surface area contributed by atoms with E-state index in [1.807, 2.05) is 0 Å². The average Bonchev–Trinajstić information content (AvgIpc) is 2.60. The van der Waals surface area contributed by atoms with Crippen LogP contribution >= 0.6 is 11.6 Å². The number of rotatable bonds is 2. The van der Waals surface area contributed by atoms with Crippen LogP contribution in [0.5, 0.6) is 0 Å². The smallest absolute Gasteiger partial charge is 0.450 e. The maximum Gasteiger partial charge on any atom is 0.507 e. The van der Waals surface area contributed by atoms with Crippen molar-refractivity contribution in [2.75, 3.05) is 11.9 Å². The van der Waals surface area contributed by atoms with Crippen LogP contribution in [0.15, 0.2) is 30.4 Å². The molecule has 20 heavy (non-hydrogen) atoms. The van der Waals surface area contributed by atoms with E-state index in [1.54, 1.807) is 6.07 Å². The Morgan fingerprint density at radius 1 is 1.60 bits per heavy atom. The van der Waals surface area contributed by atoms with Crippen LogP contribution in [0.25, 0.3) is 0 Å². The Morgan fingerprint density at radius 2 is 2.25 bits per heavy atom. The van der Waals surface area contributed by atoms with Crippen molar-refractivity contribution in [1.82, 2.24) is 0 Å². The van der Waals surface area contributed by atoms with Crippen molar-refractivity contribution < 1.29 is 19.4 Å². The number of carbonyl (C=O) groups is 2. The normalized spacial score (nSPS) is 20.2. The number of halogens is 1. The Kier molecular flexibility index (Phi) is 3.16. The maximum absolute atomic E-state index is 12.4. The number of hydrogen-bond donors (Lipinski definition) is 1. The fraction of sp³-hybridized carbons (Fsp3) is 0.154. The largest absolute Gasteiger partial charge is 0.507 e. The molecule has 0 saturated heterocycles. The van der Waals surface area contributed by atoms with Gasteiger partial charge in [-0.05, 0) is 12.1 Å². The third-order valence-electron chi connectivity index (χ3n) is 3.11.